The number of carbonyl (C=O) groups is 1. The van der Waals surface area contributed by atoms with Crippen LogP contribution in [0.25, 0.3) is 11.3 Å². The van der Waals surface area contributed by atoms with Crippen LogP contribution in [0, 0.1) is 6.92 Å². The molecule has 0 saturated heterocycles. The van der Waals surface area contributed by atoms with Gasteiger partial charge in [0.15, 0.2) is 0 Å². The molecule has 1 aromatic heterocycles. The Kier molecular flexibility index (Phi) is 5.30. The minimum Gasteiger partial charge on any atom is -0.340 e. The highest BCUT2D eigenvalue weighted by molar-refractivity contribution is 6.30. The highest BCUT2D eigenvalue weighted by Gasteiger charge is 2.32. The molecule has 156 valence electrons. The van der Waals surface area contributed by atoms with Gasteiger partial charge in [-0.1, -0.05) is 41.4 Å². The number of nitrogens with two attached hydrogens (primary N) is 1. The second kappa shape index (κ2) is 7.78. The first kappa shape index (κ1) is 20.4. The van der Waals surface area contributed by atoms with Gasteiger partial charge in [-0.25, -0.2) is 4.98 Å². The molecule has 1 aliphatic heterocycles. The van der Waals surface area contributed by atoms with Crippen LogP contribution in [0.15, 0.2) is 48.5 Å². The van der Waals surface area contributed by atoms with E-state index in [1.807, 2.05) is 36.4 Å². The third-order valence-corrected chi connectivity index (χ3v) is 5.46. The highest BCUT2D eigenvalue weighted by atomic mass is 35.5. The number of aryl methyl sites for hydroxylation is 1. The third kappa shape index (κ3) is 4.06. The molecule has 0 bridgehead atoms. The largest absolute Gasteiger partial charge is 0.340 e. The van der Waals surface area contributed by atoms with Crippen molar-refractivity contribution >= 4 is 29.0 Å². The van der Waals surface area contributed by atoms with E-state index in [2.05, 4.69) is 28.9 Å². The zero-order chi connectivity index (χ0) is 21.5. The summed E-state index contributed by atoms with van der Waals surface area (Å²) in [6.45, 7) is 7.17. The van der Waals surface area contributed by atoms with Gasteiger partial charge < -0.3 is 20.5 Å². The van der Waals surface area contributed by atoms with Gasteiger partial charge in [0.05, 0.1) is 12.1 Å². The first-order valence-electron chi connectivity index (χ1n) is 9.99. The lowest BCUT2D eigenvalue weighted by molar-refractivity contribution is -0.137. The van der Waals surface area contributed by atoms with Gasteiger partial charge in [0.1, 0.15) is 17.3 Å². The minimum absolute atomic E-state index is 0.0749. The number of hydrogen-bond acceptors (Lipinski definition) is 4. The van der Waals surface area contributed by atoms with E-state index in [9.17, 15) is 4.79 Å². The molecule has 1 aliphatic rings. The molecule has 0 aliphatic carbocycles. The maximum absolute atomic E-state index is 12.7. The average Bonchev–Trinajstić information content (AvgIpc) is 3.06. The zero-order valence-electron chi connectivity index (χ0n) is 17.4. The molecule has 2 heterocycles. The summed E-state index contributed by atoms with van der Waals surface area (Å²) in [7, 11) is 0. The molecule has 3 aromatic rings. The molecule has 0 saturated carbocycles. The van der Waals surface area contributed by atoms with Crippen molar-refractivity contribution in [1.82, 2.24) is 14.5 Å². The number of hydrogen-bond donors (Lipinski definition) is 2. The SMILES string of the molecule is Cc1ccc(Nc2c(-c3cccc(Cl)c3)nc3n2CCN(C(=O)C(C)(C)N)C3)cc1. The maximum Gasteiger partial charge on any atom is 0.242 e. The van der Waals surface area contributed by atoms with Crippen molar-refractivity contribution in [3.8, 4) is 11.3 Å². The lowest BCUT2D eigenvalue weighted by Gasteiger charge is -2.33. The Morgan fingerprint density at radius 3 is 2.57 bits per heavy atom. The Bertz CT molecular complexity index is 1080. The number of aromatic nitrogens is 2. The summed E-state index contributed by atoms with van der Waals surface area (Å²) in [5, 5.41) is 4.18. The summed E-state index contributed by atoms with van der Waals surface area (Å²) < 4.78 is 2.14. The monoisotopic (exact) mass is 423 g/mol. The van der Waals surface area contributed by atoms with Crippen molar-refractivity contribution in [3.63, 3.8) is 0 Å². The number of imidazole rings is 1. The topological polar surface area (TPSA) is 76.2 Å². The molecular weight excluding hydrogens is 398 g/mol. The smallest absolute Gasteiger partial charge is 0.242 e. The van der Waals surface area contributed by atoms with Crippen LogP contribution in [0.3, 0.4) is 0 Å². The molecule has 7 heteroatoms. The van der Waals surface area contributed by atoms with E-state index in [1.165, 1.54) is 5.56 Å². The lowest BCUT2D eigenvalue weighted by Crippen LogP contribution is -2.52. The molecule has 3 N–H and O–H groups in total. The Balaban J connectivity index is 1.75. The Morgan fingerprint density at radius 2 is 1.90 bits per heavy atom. The highest BCUT2D eigenvalue weighted by Crippen LogP contribution is 2.34. The van der Waals surface area contributed by atoms with Gasteiger partial charge in [-0.3, -0.25) is 4.79 Å². The van der Waals surface area contributed by atoms with Crippen LogP contribution in [0.4, 0.5) is 11.5 Å². The van der Waals surface area contributed by atoms with Crippen molar-refractivity contribution in [2.45, 2.75) is 39.4 Å². The van der Waals surface area contributed by atoms with Crippen molar-refractivity contribution in [2.24, 2.45) is 5.73 Å². The summed E-state index contributed by atoms with van der Waals surface area (Å²) in [4.78, 5) is 19.4. The summed E-state index contributed by atoms with van der Waals surface area (Å²) >= 11 is 6.24. The molecule has 30 heavy (non-hydrogen) atoms. The number of fused-ring (bicyclic) bond motifs is 1. The molecule has 0 spiro atoms. The van der Waals surface area contributed by atoms with Crippen molar-refractivity contribution in [3.05, 3.63) is 64.9 Å². The molecule has 1 amide bonds. The summed E-state index contributed by atoms with van der Waals surface area (Å²) in [6.07, 6.45) is 0. The molecule has 6 nitrogen and oxygen atoms in total. The number of halogens is 1. The number of benzene rings is 2. The van der Waals surface area contributed by atoms with E-state index in [1.54, 1.807) is 18.7 Å². The molecular formula is C23H26ClN5O. The molecule has 4 rings (SSSR count). The van der Waals surface area contributed by atoms with Crippen molar-refractivity contribution in [2.75, 3.05) is 11.9 Å². The number of carbonyl (C=O) groups excluding carboxylic acids is 1. The fraction of sp³-hybridized carbons (Fsp3) is 0.304. The molecule has 2 aromatic carbocycles. The quantitative estimate of drug-likeness (QED) is 0.654. The maximum atomic E-state index is 12.7. The number of amides is 1. The van der Waals surface area contributed by atoms with Gasteiger partial charge in [0.25, 0.3) is 0 Å². The summed E-state index contributed by atoms with van der Waals surface area (Å²) in [5.41, 5.74) is 9.05. The van der Waals surface area contributed by atoms with E-state index < -0.39 is 5.54 Å². The van der Waals surface area contributed by atoms with Crippen LogP contribution >= 0.6 is 11.6 Å². The van der Waals surface area contributed by atoms with Gasteiger partial charge in [-0.15, -0.1) is 0 Å². The van der Waals surface area contributed by atoms with Gasteiger partial charge in [-0.05, 0) is 45.0 Å². The minimum atomic E-state index is -0.909. The van der Waals surface area contributed by atoms with Crippen LogP contribution in [0.1, 0.15) is 25.2 Å². The average molecular weight is 424 g/mol. The molecule has 0 unspecified atom stereocenters. The van der Waals surface area contributed by atoms with Crippen molar-refractivity contribution < 1.29 is 4.79 Å². The van der Waals surface area contributed by atoms with Crippen LogP contribution in [-0.4, -0.2) is 32.4 Å². The van der Waals surface area contributed by atoms with Gasteiger partial charge in [0, 0.05) is 29.4 Å². The molecule has 0 atom stereocenters. The van der Waals surface area contributed by atoms with Crippen LogP contribution in [-0.2, 0) is 17.9 Å². The first-order valence-corrected chi connectivity index (χ1v) is 10.4. The van der Waals surface area contributed by atoms with Gasteiger partial charge in [0.2, 0.25) is 5.91 Å². The predicted molar refractivity (Wildman–Crippen MR) is 121 cm³/mol. The van der Waals surface area contributed by atoms with Crippen LogP contribution in [0.2, 0.25) is 5.02 Å². The summed E-state index contributed by atoms with van der Waals surface area (Å²) in [5.74, 6) is 1.65. The third-order valence-electron chi connectivity index (χ3n) is 5.22. The summed E-state index contributed by atoms with van der Waals surface area (Å²) in [6, 6.07) is 15.9. The van der Waals surface area contributed by atoms with Gasteiger partial charge >= 0.3 is 0 Å². The van der Waals surface area contributed by atoms with Crippen LogP contribution < -0.4 is 11.1 Å². The second-order valence-electron chi connectivity index (χ2n) is 8.33. The van der Waals surface area contributed by atoms with Crippen LogP contribution in [0.5, 0.6) is 0 Å². The molecule has 0 radical (unpaired) electrons. The van der Waals surface area contributed by atoms with Crippen molar-refractivity contribution in [1.29, 1.82) is 0 Å². The fourth-order valence-electron chi connectivity index (χ4n) is 3.65. The van der Waals surface area contributed by atoms with Gasteiger partial charge in [-0.2, -0.15) is 0 Å². The predicted octanol–water partition coefficient (Wildman–Crippen LogP) is 4.34. The van der Waals surface area contributed by atoms with E-state index >= 15 is 0 Å². The fourth-order valence-corrected chi connectivity index (χ4v) is 3.84. The van der Waals surface area contributed by atoms with E-state index in [4.69, 9.17) is 22.3 Å². The lowest BCUT2D eigenvalue weighted by atomic mass is 10.1. The zero-order valence-corrected chi connectivity index (χ0v) is 18.2. The second-order valence-corrected chi connectivity index (χ2v) is 8.76. The Morgan fingerprint density at radius 1 is 1.17 bits per heavy atom. The van der Waals surface area contributed by atoms with E-state index in [0.717, 1.165) is 28.6 Å². The van der Waals surface area contributed by atoms with E-state index in [0.29, 0.717) is 24.7 Å². The number of nitrogens with zero attached hydrogens (tertiary/aromatic N) is 3. The number of anilines is 2. The number of nitrogens with one attached hydrogen (secondary N) is 1. The Labute approximate surface area is 181 Å². The normalized spacial score (nSPS) is 13.8. The Hall–Kier alpha value is -2.83. The molecule has 0 fully saturated rings. The standard InChI is InChI=1S/C23H26ClN5O/c1-15-7-9-18(10-8-15)26-21-20(16-5-4-6-17(24)13-16)27-19-14-28(11-12-29(19)21)22(30)23(2,3)25/h4-10,13,26H,11-12,14,25H2,1-3H3. The van der Waals surface area contributed by atoms with E-state index in [-0.39, 0.29) is 5.91 Å². The first-order chi connectivity index (χ1) is 14.2. The number of rotatable bonds is 4.